The smallest absolute Gasteiger partial charge is 0.139 e. The lowest BCUT2D eigenvalue weighted by molar-refractivity contribution is 0.621. The number of benzene rings is 1. The van der Waals surface area contributed by atoms with Gasteiger partial charge in [-0.15, -0.1) is 0 Å². The van der Waals surface area contributed by atoms with Crippen LogP contribution in [0.2, 0.25) is 0 Å². The zero-order valence-corrected chi connectivity index (χ0v) is 12.0. The molecule has 1 heterocycles. The van der Waals surface area contributed by atoms with E-state index in [1.54, 1.807) is 25.1 Å². The average Bonchev–Trinajstić information content (AvgIpc) is 2.35. The maximum absolute atomic E-state index is 13.5. The van der Waals surface area contributed by atoms with Gasteiger partial charge in [0, 0.05) is 11.4 Å². The first-order chi connectivity index (χ1) is 8.99. The normalized spacial score (nSPS) is 10.1. The van der Waals surface area contributed by atoms with E-state index in [1.165, 1.54) is 6.07 Å². The number of pyridine rings is 1. The van der Waals surface area contributed by atoms with Gasteiger partial charge in [0.1, 0.15) is 11.6 Å². The lowest BCUT2D eigenvalue weighted by atomic mass is 10.2. The molecule has 0 saturated carbocycles. The summed E-state index contributed by atoms with van der Waals surface area (Å²) >= 11 is 3.14. The van der Waals surface area contributed by atoms with Crippen molar-refractivity contribution in [3.05, 3.63) is 51.4 Å². The van der Waals surface area contributed by atoms with E-state index in [0.29, 0.717) is 21.5 Å². The highest BCUT2D eigenvalue weighted by Crippen LogP contribution is 2.26. The Morgan fingerprint density at radius 1 is 1.26 bits per heavy atom. The molecule has 0 aliphatic rings. The van der Waals surface area contributed by atoms with Gasteiger partial charge in [-0.2, -0.15) is 5.26 Å². The van der Waals surface area contributed by atoms with Gasteiger partial charge < -0.3 is 5.32 Å². The van der Waals surface area contributed by atoms with Crippen LogP contribution >= 0.6 is 15.9 Å². The van der Waals surface area contributed by atoms with Crippen LogP contribution in [0.3, 0.4) is 0 Å². The summed E-state index contributed by atoms with van der Waals surface area (Å²) in [7, 11) is 0. The molecule has 0 bridgehead atoms. The van der Waals surface area contributed by atoms with Gasteiger partial charge in [-0.05, 0) is 59.6 Å². The summed E-state index contributed by atoms with van der Waals surface area (Å²) in [4.78, 5) is 4.27. The van der Waals surface area contributed by atoms with E-state index in [0.717, 1.165) is 11.3 Å². The van der Waals surface area contributed by atoms with Crippen molar-refractivity contribution in [2.75, 3.05) is 5.32 Å². The van der Waals surface area contributed by atoms with E-state index < -0.39 is 0 Å². The van der Waals surface area contributed by atoms with Gasteiger partial charge >= 0.3 is 0 Å². The Kier molecular flexibility index (Phi) is 3.82. The Hall–Kier alpha value is -1.93. The summed E-state index contributed by atoms with van der Waals surface area (Å²) < 4.78 is 13.9. The molecular weight excluding hydrogens is 309 g/mol. The average molecular weight is 320 g/mol. The van der Waals surface area contributed by atoms with Gasteiger partial charge in [0.05, 0.1) is 16.1 Å². The highest BCUT2D eigenvalue weighted by atomic mass is 79.9. The minimum Gasteiger partial charge on any atom is -0.340 e. The van der Waals surface area contributed by atoms with Crippen LogP contribution in [0.1, 0.15) is 16.8 Å². The third-order valence-corrected chi connectivity index (χ3v) is 3.22. The van der Waals surface area contributed by atoms with Crippen LogP contribution in [-0.4, -0.2) is 4.98 Å². The molecule has 0 atom stereocenters. The number of nitrogens with zero attached hydrogens (tertiary/aromatic N) is 2. The lowest BCUT2D eigenvalue weighted by Crippen LogP contribution is -1.99. The number of hydrogen-bond donors (Lipinski definition) is 1. The molecule has 2 aromatic rings. The first kappa shape index (κ1) is 13.5. The standard InChI is InChI=1S/C14H11BrFN3/c1-8-3-11(15)12(16)6-13(8)19-14-5-10(7-17)4-9(2)18-14/h3-6H,1-2H3,(H,18,19). The summed E-state index contributed by atoms with van der Waals surface area (Å²) in [6.45, 7) is 3.68. The number of rotatable bonds is 2. The van der Waals surface area contributed by atoms with Crippen molar-refractivity contribution in [1.29, 1.82) is 5.26 Å². The Morgan fingerprint density at radius 3 is 2.68 bits per heavy atom. The van der Waals surface area contributed by atoms with Gasteiger partial charge in [-0.3, -0.25) is 0 Å². The number of hydrogen-bond acceptors (Lipinski definition) is 3. The molecule has 0 aliphatic heterocycles. The summed E-state index contributed by atoms with van der Waals surface area (Å²) in [5.74, 6) is 0.183. The summed E-state index contributed by atoms with van der Waals surface area (Å²) in [6.07, 6.45) is 0. The van der Waals surface area contributed by atoms with Gasteiger partial charge in [-0.25, -0.2) is 9.37 Å². The van der Waals surface area contributed by atoms with Crippen LogP contribution < -0.4 is 5.32 Å². The van der Waals surface area contributed by atoms with Crippen molar-refractivity contribution in [2.45, 2.75) is 13.8 Å². The van der Waals surface area contributed by atoms with Crippen LogP contribution in [0.5, 0.6) is 0 Å². The fraction of sp³-hybridized carbons (Fsp3) is 0.143. The van der Waals surface area contributed by atoms with Crippen molar-refractivity contribution in [1.82, 2.24) is 4.98 Å². The van der Waals surface area contributed by atoms with Gasteiger partial charge in [-0.1, -0.05) is 0 Å². The van der Waals surface area contributed by atoms with Crippen LogP contribution in [-0.2, 0) is 0 Å². The molecule has 19 heavy (non-hydrogen) atoms. The summed E-state index contributed by atoms with van der Waals surface area (Å²) in [5, 5.41) is 11.9. The third kappa shape index (κ3) is 3.09. The Bertz CT molecular complexity index is 677. The van der Waals surface area contributed by atoms with Gasteiger partial charge in [0.15, 0.2) is 0 Å². The van der Waals surface area contributed by atoms with E-state index in [9.17, 15) is 4.39 Å². The predicted octanol–water partition coefficient (Wildman–Crippen LogP) is 4.22. The number of nitrogens with one attached hydrogen (secondary N) is 1. The molecule has 2 rings (SSSR count). The molecule has 1 N–H and O–H groups in total. The van der Waals surface area contributed by atoms with Crippen molar-refractivity contribution >= 4 is 27.4 Å². The molecule has 0 fully saturated rings. The largest absolute Gasteiger partial charge is 0.340 e. The quantitative estimate of drug-likeness (QED) is 0.901. The first-order valence-corrected chi connectivity index (χ1v) is 6.40. The number of aromatic nitrogens is 1. The van der Waals surface area contributed by atoms with E-state index in [2.05, 4.69) is 32.3 Å². The Balaban J connectivity index is 2.39. The second kappa shape index (κ2) is 5.37. The SMILES string of the molecule is Cc1cc(C#N)cc(Nc2cc(F)c(Br)cc2C)n1. The van der Waals surface area contributed by atoms with Gasteiger partial charge in [0.2, 0.25) is 0 Å². The Labute approximate surface area is 119 Å². The number of aryl methyl sites for hydroxylation is 2. The molecule has 1 aromatic carbocycles. The maximum Gasteiger partial charge on any atom is 0.139 e. The molecular formula is C14H11BrFN3. The highest BCUT2D eigenvalue weighted by molar-refractivity contribution is 9.10. The molecule has 0 aliphatic carbocycles. The summed E-state index contributed by atoms with van der Waals surface area (Å²) in [5.41, 5.74) is 2.76. The molecule has 1 aromatic heterocycles. The predicted molar refractivity (Wildman–Crippen MR) is 75.8 cm³/mol. The molecule has 3 nitrogen and oxygen atoms in total. The maximum atomic E-state index is 13.5. The van der Waals surface area contributed by atoms with Crippen LogP contribution in [0.25, 0.3) is 0 Å². The van der Waals surface area contributed by atoms with Crippen molar-refractivity contribution < 1.29 is 4.39 Å². The van der Waals surface area contributed by atoms with Gasteiger partial charge in [0.25, 0.3) is 0 Å². The topological polar surface area (TPSA) is 48.7 Å². The van der Waals surface area contributed by atoms with E-state index in [-0.39, 0.29) is 5.82 Å². The number of halogens is 2. The first-order valence-electron chi connectivity index (χ1n) is 5.61. The second-order valence-corrected chi connectivity index (χ2v) is 5.05. The monoisotopic (exact) mass is 319 g/mol. The van der Waals surface area contributed by atoms with E-state index in [4.69, 9.17) is 5.26 Å². The second-order valence-electron chi connectivity index (χ2n) is 4.20. The minimum absolute atomic E-state index is 0.346. The molecule has 0 saturated heterocycles. The van der Waals surface area contributed by atoms with Crippen LogP contribution in [0, 0.1) is 31.0 Å². The molecule has 96 valence electrons. The van der Waals surface area contributed by atoms with E-state index in [1.807, 2.05) is 6.92 Å². The lowest BCUT2D eigenvalue weighted by Gasteiger charge is -2.10. The Morgan fingerprint density at radius 2 is 2.00 bits per heavy atom. The van der Waals surface area contributed by atoms with Crippen LogP contribution in [0.4, 0.5) is 15.9 Å². The molecule has 0 amide bonds. The molecule has 0 unspecified atom stereocenters. The van der Waals surface area contributed by atoms with Crippen molar-refractivity contribution in [2.24, 2.45) is 0 Å². The van der Waals surface area contributed by atoms with Crippen molar-refractivity contribution in [3.8, 4) is 6.07 Å². The summed E-state index contributed by atoms with van der Waals surface area (Å²) in [6, 6.07) is 8.48. The zero-order valence-electron chi connectivity index (χ0n) is 10.5. The number of anilines is 2. The fourth-order valence-corrected chi connectivity index (χ4v) is 2.17. The third-order valence-electron chi connectivity index (χ3n) is 2.61. The molecule has 5 heteroatoms. The number of nitriles is 1. The molecule has 0 radical (unpaired) electrons. The van der Waals surface area contributed by atoms with E-state index >= 15 is 0 Å². The zero-order chi connectivity index (χ0) is 14.0. The minimum atomic E-state index is -0.346. The fourth-order valence-electron chi connectivity index (χ4n) is 1.72. The highest BCUT2D eigenvalue weighted by Gasteiger charge is 2.07. The van der Waals surface area contributed by atoms with Crippen LogP contribution in [0.15, 0.2) is 28.7 Å². The molecule has 0 spiro atoms. The van der Waals surface area contributed by atoms with Crippen molar-refractivity contribution in [3.63, 3.8) is 0 Å².